The van der Waals surface area contributed by atoms with E-state index in [1.54, 1.807) is 18.2 Å². The highest BCUT2D eigenvalue weighted by molar-refractivity contribution is 6.31. The summed E-state index contributed by atoms with van der Waals surface area (Å²) in [4.78, 5) is 25.0. The van der Waals surface area contributed by atoms with Gasteiger partial charge in [0.25, 0.3) is 5.91 Å². The molecule has 5 heteroatoms. The lowest BCUT2D eigenvalue weighted by Gasteiger charge is -2.12. The van der Waals surface area contributed by atoms with E-state index in [-0.39, 0.29) is 11.5 Å². The minimum absolute atomic E-state index is 0.217. The molecular weight excluding hydrogens is 362 g/mol. The first-order chi connectivity index (χ1) is 13.1. The van der Waals surface area contributed by atoms with Gasteiger partial charge in [0, 0.05) is 10.6 Å². The standard InChI is InChI=1S/C22H16ClNO3/c1-27-22(26)19-12-14(23)9-10-20(19)24-21(25)17-8-4-7-16-15-6-3-2-5-13(15)11-18(16)17/h2-10,12H,11H2,1H3,(H,24,25). The van der Waals surface area contributed by atoms with Crippen LogP contribution in [-0.4, -0.2) is 19.0 Å². The number of benzene rings is 3. The molecule has 1 aliphatic rings. The Bertz CT molecular complexity index is 1070. The van der Waals surface area contributed by atoms with E-state index in [1.807, 2.05) is 24.3 Å². The van der Waals surface area contributed by atoms with Gasteiger partial charge in [-0.05, 0) is 52.9 Å². The molecule has 0 heterocycles. The number of carbonyl (C=O) groups is 2. The molecule has 134 valence electrons. The lowest BCUT2D eigenvalue weighted by atomic mass is 10.0. The molecule has 3 aromatic rings. The molecule has 0 radical (unpaired) electrons. The lowest BCUT2D eigenvalue weighted by Crippen LogP contribution is -2.17. The van der Waals surface area contributed by atoms with Gasteiger partial charge in [0.05, 0.1) is 18.4 Å². The third-order valence-electron chi connectivity index (χ3n) is 4.73. The molecule has 3 aromatic carbocycles. The molecule has 0 bridgehead atoms. The van der Waals surface area contributed by atoms with E-state index < -0.39 is 5.97 Å². The molecule has 0 unspecified atom stereocenters. The van der Waals surface area contributed by atoms with Gasteiger partial charge in [-0.25, -0.2) is 4.79 Å². The number of amides is 1. The predicted molar refractivity (Wildman–Crippen MR) is 105 cm³/mol. The topological polar surface area (TPSA) is 55.4 Å². The van der Waals surface area contributed by atoms with Gasteiger partial charge in [0.2, 0.25) is 0 Å². The summed E-state index contributed by atoms with van der Waals surface area (Å²) in [6, 6.07) is 18.5. The summed E-state index contributed by atoms with van der Waals surface area (Å²) in [5.41, 5.74) is 5.60. The molecule has 1 N–H and O–H groups in total. The summed E-state index contributed by atoms with van der Waals surface area (Å²) in [5.74, 6) is -0.828. The Hall–Kier alpha value is -3.11. The van der Waals surface area contributed by atoms with Crippen LogP contribution in [0.2, 0.25) is 5.02 Å². The van der Waals surface area contributed by atoms with E-state index in [4.69, 9.17) is 16.3 Å². The molecule has 27 heavy (non-hydrogen) atoms. The Labute approximate surface area is 161 Å². The van der Waals surface area contributed by atoms with Crippen LogP contribution < -0.4 is 5.32 Å². The third kappa shape index (κ3) is 3.09. The van der Waals surface area contributed by atoms with Crippen molar-refractivity contribution in [1.82, 2.24) is 0 Å². The minimum atomic E-state index is -0.557. The highest BCUT2D eigenvalue weighted by Crippen LogP contribution is 2.38. The average Bonchev–Trinajstić information content (AvgIpc) is 3.07. The zero-order chi connectivity index (χ0) is 19.0. The van der Waals surface area contributed by atoms with Crippen molar-refractivity contribution in [2.45, 2.75) is 6.42 Å². The summed E-state index contributed by atoms with van der Waals surface area (Å²) in [6.07, 6.45) is 0.708. The molecule has 1 aliphatic carbocycles. The van der Waals surface area contributed by atoms with Gasteiger partial charge in [0.15, 0.2) is 0 Å². The quantitative estimate of drug-likeness (QED) is 0.514. The van der Waals surface area contributed by atoms with Gasteiger partial charge >= 0.3 is 5.97 Å². The smallest absolute Gasteiger partial charge is 0.340 e. The van der Waals surface area contributed by atoms with Crippen LogP contribution in [0.25, 0.3) is 11.1 Å². The molecule has 0 fully saturated rings. The van der Waals surface area contributed by atoms with Crippen molar-refractivity contribution in [3.8, 4) is 11.1 Å². The summed E-state index contributed by atoms with van der Waals surface area (Å²) in [6.45, 7) is 0. The number of nitrogens with one attached hydrogen (secondary N) is 1. The molecule has 0 aliphatic heterocycles. The van der Waals surface area contributed by atoms with Gasteiger partial charge in [-0.15, -0.1) is 0 Å². The Balaban J connectivity index is 1.70. The number of carbonyl (C=O) groups excluding carboxylic acids is 2. The van der Waals surface area contributed by atoms with Crippen molar-refractivity contribution < 1.29 is 14.3 Å². The van der Waals surface area contributed by atoms with Crippen molar-refractivity contribution in [1.29, 1.82) is 0 Å². The van der Waals surface area contributed by atoms with Crippen molar-refractivity contribution in [3.05, 3.63) is 87.9 Å². The first-order valence-corrected chi connectivity index (χ1v) is 8.85. The summed E-state index contributed by atoms with van der Waals surface area (Å²) >= 11 is 5.98. The van der Waals surface area contributed by atoms with E-state index in [1.165, 1.54) is 18.7 Å². The van der Waals surface area contributed by atoms with Crippen molar-refractivity contribution in [2.24, 2.45) is 0 Å². The normalized spacial score (nSPS) is 11.5. The summed E-state index contributed by atoms with van der Waals surface area (Å²) in [7, 11) is 1.29. The average molecular weight is 378 g/mol. The molecular formula is C22H16ClNO3. The fourth-order valence-corrected chi connectivity index (χ4v) is 3.64. The second kappa shape index (κ2) is 6.89. The zero-order valence-electron chi connectivity index (χ0n) is 14.6. The fourth-order valence-electron chi connectivity index (χ4n) is 3.46. The molecule has 0 atom stereocenters. The number of halogens is 1. The number of hydrogen-bond donors (Lipinski definition) is 1. The summed E-state index contributed by atoms with van der Waals surface area (Å²) in [5, 5.41) is 3.22. The molecule has 0 aromatic heterocycles. The second-order valence-electron chi connectivity index (χ2n) is 6.30. The number of fused-ring (bicyclic) bond motifs is 3. The fraction of sp³-hybridized carbons (Fsp3) is 0.0909. The monoisotopic (exact) mass is 377 g/mol. The number of rotatable bonds is 3. The molecule has 4 nitrogen and oxygen atoms in total. The Morgan fingerprint density at radius 3 is 2.56 bits per heavy atom. The lowest BCUT2D eigenvalue weighted by molar-refractivity contribution is 0.0602. The Kier molecular flexibility index (Phi) is 4.42. The first kappa shape index (κ1) is 17.3. The molecule has 1 amide bonds. The molecule has 0 saturated heterocycles. The molecule has 0 spiro atoms. The Morgan fingerprint density at radius 1 is 0.963 bits per heavy atom. The largest absolute Gasteiger partial charge is 0.465 e. The van der Waals surface area contributed by atoms with Crippen LogP contribution in [-0.2, 0) is 11.2 Å². The van der Waals surface area contributed by atoms with Crippen molar-refractivity contribution in [2.75, 3.05) is 12.4 Å². The SMILES string of the molecule is COC(=O)c1cc(Cl)ccc1NC(=O)c1cccc2c1Cc1ccccc1-2. The van der Waals surface area contributed by atoms with Crippen LogP contribution in [0.5, 0.6) is 0 Å². The third-order valence-corrected chi connectivity index (χ3v) is 4.97. The van der Waals surface area contributed by atoms with E-state index in [9.17, 15) is 9.59 Å². The van der Waals surface area contributed by atoms with Crippen LogP contribution >= 0.6 is 11.6 Å². The van der Waals surface area contributed by atoms with Crippen LogP contribution in [0, 0.1) is 0 Å². The Morgan fingerprint density at radius 2 is 1.74 bits per heavy atom. The maximum absolute atomic E-state index is 13.0. The first-order valence-electron chi connectivity index (χ1n) is 8.48. The van der Waals surface area contributed by atoms with Crippen LogP contribution in [0.3, 0.4) is 0 Å². The number of ether oxygens (including phenoxy) is 1. The van der Waals surface area contributed by atoms with Crippen LogP contribution in [0.4, 0.5) is 5.69 Å². The number of hydrogen-bond acceptors (Lipinski definition) is 3. The number of methoxy groups -OCH3 is 1. The van der Waals surface area contributed by atoms with E-state index in [0.717, 1.165) is 16.7 Å². The van der Waals surface area contributed by atoms with Crippen LogP contribution in [0.1, 0.15) is 31.8 Å². The molecule has 0 saturated carbocycles. The van der Waals surface area contributed by atoms with Gasteiger partial charge in [-0.3, -0.25) is 4.79 Å². The highest BCUT2D eigenvalue weighted by Gasteiger charge is 2.24. The van der Waals surface area contributed by atoms with Crippen LogP contribution in [0.15, 0.2) is 60.7 Å². The van der Waals surface area contributed by atoms with Gasteiger partial charge < -0.3 is 10.1 Å². The highest BCUT2D eigenvalue weighted by atomic mass is 35.5. The van der Waals surface area contributed by atoms with E-state index >= 15 is 0 Å². The zero-order valence-corrected chi connectivity index (χ0v) is 15.3. The second-order valence-corrected chi connectivity index (χ2v) is 6.74. The van der Waals surface area contributed by atoms with E-state index in [2.05, 4.69) is 17.4 Å². The maximum atomic E-state index is 13.0. The van der Waals surface area contributed by atoms with Gasteiger partial charge in [0.1, 0.15) is 0 Å². The number of esters is 1. The van der Waals surface area contributed by atoms with Gasteiger partial charge in [-0.1, -0.05) is 48.0 Å². The van der Waals surface area contributed by atoms with E-state index in [0.29, 0.717) is 22.7 Å². The minimum Gasteiger partial charge on any atom is -0.465 e. The summed E-state index contributed by atoms with van der Waals surface area (Å²) < 4.78 is 4.79. The number of anilines is 1. The van der Waals surface area contributed by atoms with Crippen molar-refractivity contribution in [3.63, 3.8) is 0 Å². The predicted octanol–water partition coefficient (Wildman–Crippen LogP) is 4.95. The van der Waals surface area contributed by atoms with Gasteiger partial charge in [-0.2, -0.15) is 0 Å². The van der Waals surface area contributed by atoms with Crippen molar-refractivity contribution >= 4 is 29.2 Å². The maximum Gasteiger partial charge on any atom is 0.340 e. The molecule has 4 rings (SSSR count).